The number of nitrogens with one attached hydrogen (secondary N) is 1. The van der Waals surface area contributed by atoms with Crippen molar-refractivity contribution in [3.05, 3.63) is 23.8 Å². The molecule has 0 radical (unpaired) electrons. The maximum atomic E-state index is 12.4. The molecule has 0 unspecified atom stereocenters. The van der Waals surface area contributed by atoms with Crippen molar-refractivity contribution in [3.8, 4) is 0 Å². The summed E-state index contributed by atoms with van der Waals surface area (Å²) in [6.45, 7) is 2.71. The van der Waals surface area contributed by atoms with Crippen molar-refractivity contribution < 1.29 is 4.79 Å². The zero-order valence-electron chi connectivity index (χ0n) is 13.8. The molecule has 1 N–H and O–H groups in total. The Hall–Kier alpha value is -1.69. The van der Waals surface area contributed by atoms with E-state index in [1.165, 1.54) is 43.8 Å². The van der Waals surface area contributed by atoms with Crippen LogP contribution in [0.15, 0.2) is 18.2 Å². The molecule has 1 aliphatic rings. The van der Waals surface area contributed by atoms with E-state index in [2.05, 4.69) is 21.0 Å². The van der Waals surface area contributed by atoms with Crippen LogP contribution in [0.3, 0.4) is 0 Å². The lowest BCUT2D eigenvalue weighted by Gasteiger charge is -2.30. The van der Waals surface area contributed by atoms with Crippen molar-refractivity contribution in [2.75, 3.05) is 7.05 Å². The van der Waals surface area contributed by atoms with Gasteiger partial charge in [-0.2, -0.15) is 8.75 Å². The molecular weight excluding hydrogens is 308 g/mol. The quantitative estimate of drug-likeness (QED) is 0.926. The van der Waals surface area contributed by atoms with Crippen molar-refractivity contribution in [1.29, 1.82) is 0 Å². The van der Waals surface area contributed by atoms with E-state index in [1.807, 2.05) is 25.2 Å². The van der Waals surface area contributed by atoms with Gasteiger partial charge in [0.1, 0.15) is 11.0 Å². The lowest BCUT2D eigenvalue weighted by atomic mass is 9.84. The van der Waals surface area contributed by atoms with Gasteiger partial charge in [0.2, 0.25) is 0 Å². The molecule has 2 aromatic rings. The minimum absolute atomic E-state index is 0.000395. The van der Waals surface area contributed by atoms with Gasteiger partial charge >= 0.3 is 6.03 Å². The molecule has 124 valence electrons. The summed E-state index contributed by atoms with van der Waals surface area (Å²) in [7, 11) is 1.84. The largest absolute Gasteiger partial charge is 0.335 e. The SMILES string of the molecule is C[C@@H](NC(=O)N(C)Cc1ccc2nsnc2c1)C1CCCCC1. The van der Waals surface area contributed by atoms with Crippen LogP contribution < -0.4 is 5.32 Å². The number of aromatic nitrogens is 2. The highest BCUT2D eigenvalue weighted by Crippen LogP contribution is 2.26. The van der Waals surface area contributed by atoms with Crippen molar-refractivity contribution in [3.63, 3.8) is 0 Å². The fourth-order valence-electron chi connectivity index (χ4n) is 3.33. The Kier molecular flexibility index (Phi) is 5.10. The van der Waals surface area contributed by atoms with Crippen LogP contribution in [0.1, 0.15) is 44.6 Å². The summed E-state index contributed by atoms with van der Waals surface area (Å²) in [5.41, 5.74) is 2.89. The number of hydrogen-bond donors (Lipinski definition) is 1. The number of carbonyl (C=O) groups is 1. The molecular formula is C17H24N4OS. The molecule has 1 heterocycles. The fraction of sp³-hybridized carbons (Fsp3) is 0.588. The summed E-state index contributed by atoms with van der Waals surface area (Å²) < 4.78 is 8.46. The minimum atomic E-state index is -0.000395. The molecule has 1 aromatic carbocycles. The molecule has 1 aliphatic carbocycles. The zero-order valence-corrected chi connectivity index (χ0v) is 14.6. The van der Waals surface area contributed by atoms with E-state index in [0.717, 1.165) is 16.6 Å². The Morgan fingerprint density at radius 2 is 2.04 bits per heavy atom. The highest BCUT2D eigenvalue weighted by Gasteiger charge is 2.22. The van der Waals surface area contributed by atoms with Gasteiger partial charge < -0.3 is 10.2 Å². The summed E-state index contributed by atoms with van der Waals surface area (Å²) in [5, 5.41) is 3.16. The molecule has 3 rings (SSSR count). The maximum absolute atomic E-state index is 12.4. The summed E-state index contributed by atoms with van der Waals surface area (Å²) in [6, 6.07) is 6.23. The Bertz CT molecular complexity index is 665. The third-order valence-corrected chi connectivity index (χ3v) is 5.35. The standard InChI is InChI=1S/C17H24N4OS/c1-12(14-6-4-3-5-7-14)18-17(22)21(2)11-13-8-9-15-16(10-13)20-23-19-15/h8-10,12,14H,3-7,11H2,1-2H3,(H,18,22)/t12-/m1/s1. The molecule has 2 amide bonds. The Labute approximate surface area is 141 Å². The van der Waals surface area contributed by atoms with Crippen LogP contribution in [0, 0.1) is 5.92 Å². The van der Waals surface area contributed by atoms with Crippen molar-refractivity contribution in [2.24, 2.45) is 5.92 Å². The Balaban J connectivity index is 1.56. The predicted molar refractivity (Wildman–Crippen MR) is 93.5 cm³/mol. The van der Waals surface area contributed by atoms with Crippen LogP contribution in [0.5, 0.6) is 0 Å². The second kappa shape index (κ2) is 7.25. The first kappa shape index (κ1) is 16.2. The van der Waals surface area contributed by atoms with E-state index < -0.39 is 0 Å². The number of urea groups is 1. The molecule has 1 atom stereocenters. The summed E-state index contributed by atoms with van der Waals surface area (Å²) in [4.78, 5) is 14.1. The first-order valence-electron chi connectivity index (χ1n) is 8.36. The van der Waals surface area contributed by atoms with Gasteiger partial charge in [0.05, 0.1) is 11.7 Å². The van der Waals surface area contributed by atoms with E-state index in [4.69, 9.17) is 0 Å². The van der Waals surface area contributed by atoms with E-state index in [9.17, 15) is 4.79 Å². The molecule has 0 aliphatic heterocycles. The van der Waals surface area contributed by atoms with E-state index in [1.54, 1.807) is 4.90 Å². The molecule has 0 bridgehead atoms. The van der Waals surface area contributed by atoms with Crippen LogP contribution in [0.2, 0.25) is 0 Å². The van der Waals surface area contributed by atoms with Crippen LogP contribution >= 0.6 is 11.7 Å². The van der Waals surface area contributed by atoms with Crippen LogP contribution in [-0.4, -0.2) is 32.8 Å². The minimum Gasteiger partial charge on any atom is -0.335 e. The normalized spacial score (nSPS) is 17.1. The monoisotopic (exact) mass is 332 g/mol. The number of fused-ring (bicyclic) bond motifs is 1. The second-order valence-corrected chi connectivity index (χ2v) is 7.11. The van der Waals surface area contributed by atoms with Gasteiger partial charge in [-0.15, -0.1) is 0 Å². The average molecular weight is 332 g/mol. The lowest BCUT2D eigenvalue weighted by molar-refractivity contribution is 0.193. The third-order valence-electron chi connectivity index (χ3n) is 4.79. The van der Waals surface area contributed by atoms with Crippen LogP contribution in [0.25, 0.3) is 11.0 Å². The molecule has 1 saturated carbocycles. The fourth-order valence-corrected chi connectivity index (χ4v) is 3.85. The summed E-state index contributed by atoms with van der Waals surface area (Å²) >= 11 is 1.22. The maximum Gasteiger partial charge on any atom is 0.317 e. The van der Waals surface area contributed by atoms with Gasteiger partial charge in [0, 0.05) is 19.6 Å². The first-order valence-corrected chi connectivity index (χ1v) is 9.09. The highest BCUT2D eigenvalue weighted by atomic mass is 32.1. The highest BCUT2D eigenvalue weighted by molar-refractivity contribution is 7.00. The van der Waals surface area contributed by atoms with Crippen molar-refractivity contribution >= 4 is 28.8 Å². The van der Waals surface area contributed by atoms with E-state index in [0.29, 0.717) is 12.5 Å². The number of benzene rings is 1. The Morgan fingerprint density at radius 3 is 2.83 bits per heavy atom. The average Bonchev–Trinajstić information content (AvgIpc) is 3.03. The lowest BCUT2D eigenvalue weighted by Crippen LogP contribution is -2.45. The molecule has 23 heavy (non-hydrogen) atoms. The zero-order chi connectivity index (χ0) is 16.2. The van der Waals surface area contributed by atoms with Gasteiger partial charge in [-0.25, -0.2) is 4.79 Å². The van der Waals surface area contributed by atoms with Crippen LogP contribution in [-0.2, 0) is 6.54 Å². The summed E-state index contributed by atoms with van der Waals surface area (Å²) in [6.07, 6.45) is 6.40. The summed E-state index contributed by atoms with van der Waals surface area (Å²) in [5.74, 6) is 0.624. The number of amides is 2. The number of hydrogen-bond acceptors (Lipinski definition) is 4. The molecule has 0 spiro atoms. The van der Waals surface area contributed by atoms with Gasteiger partial charge in [0.25, 0.3) is 0 Å². The smallest absolute Gasteiger partial charge is 0.317 e. The molecule has 0 saturated heterocycles. The van der Waals surface area contributed by atoms with Crippen molar-refractivity contribution in [1.82, 2.24) is 19.0 Å². The van der Waals surface area contributed by atoms with Gasteiger partial charge in [0.15, 0.2) is 0 Å². The van der Waals surface area contributed by atoms with Crippen molar-refractivity contribution in [2.45, 2.75) is 51.6 Å². The van der Waals surface area contributed by atoms with Gasteiger partial charge in [-0.1, -0.05) is 25.3 Å². The topological polar surface area (TPSA) is 58.1 Å². The van der Waals surface area contributed by atoms with Gasteiger partial charge in [-0.05, 0) is 43.4 Å². The van der Waals surface area contributed by atoms with E-state index in [-0.39, 0.29) is 12.1 Å². The predicted octanol–water partition coefficient (Wildman–Crippen LogP) is 3.80. The number of carbonyl (C=O) groups excluding carboxylic acids is 1. The number of rotatable bonds is 4. The Morgan fingerprint density at radius 1 is 1.30 bits per heavy atom. The van der Waals surface area contributed by atoms with Crippen LogP contribution in [0.4, 0.5) is 4.79 Å². The second-order valence-electron chi connectivity index (χ2n) is 6.58. The molecule has 6 heteroatoms. The van der Waals surface area contributed by atoms with E-state index >= 15 is 0 Å². The molecule has 1 fully saturated rings. The first-order chi connectivity index (χ1) is 11.1. The number of nitrogens with zero attached hydrogens (tertiary/aromatic N) is 3. The third kappa shape index (κ3) is 3.99. The molecule has 1 aromatic heterocycles. The van der Waals surface area contributed by atoms with Gasteiger partial charge in [-0.3, -0.25) is 0 Å². The molecule has 5 nitrogen and oxygen atoms in total.